The lowest BCUT2D eigenvalue weighted by atomic mass is 9.96. The number of nitrogens with one attached hydrogen (secondary N) is 1. The van der Waals surface area contributed by atoms with E-state index in [9.17, 15) is 18.5 Å². The number of nitrogens with zero attached hydrogens (tertiary/aromatic N) is 1. The number of hydrogen-bond donors (Lipinski definition) is 1. The van der Waals surface area contributed by atoms with E-state index < -0.39 is 15.7 Å². The predicted octanol–water partition coefficient (Wildman–Crippen LogP) is 4.83. The molecule has 3 aromatic rings. The molecule has 1 aliphatic carbocycles. The Balaban J connectivity index is 1.59. The summed E-state index contributed by atoms with van der Waals surface area (Å²) >= 11 is 7.19. The molecule has 0 saturated carbocycles. The molecule has 1 amide bonds. The summed E-state index contributed by atoms with van der Waals surface area (Å²) < 4.78 is 30.7. The number of rotatable bonds is 4. The molecule has 6 nitrogen and oxygen atoms in total. The smallest absolute Gasteiger partial charge is 0.292 e. The molecule has 9 heteroatoms. The summed E-state index contributed by atoms with van der Waals surface area (Å²) in [6.07, 6.45) is 3.81. The summed E-state index contributed by atoms with van der Waals surface area (Å²) in [6.45, 7) is 0. The van der Waals surface area contributed by atoms with Crippen LogP contribution in [0.2, 0.25) is 5.02 Å². The maximum atomic E-state index is 12.7. The summed E-state index contributed by atoms with van der Waals surface area (Å²) in [7, 11) is -3.91. The molecule has 0 fully saturated rings. The highest BCUT2D eigenvalue weighted by Gasteiger charge is 2.26. The van der Waals surface area contributed by atoms with E-state index in [0.29, 0.717) is 15.6 Å². The zero-order valence-electron chi connectivity index (χ0n) is 15.1. The minimum atomic E-state index is -3.91. The Kier molecular flexibility index (Phi) is 5.21. The van der Waals surface area contributed by atoms with E-state index in [0.717, 1.165) is 36.1 Å². The number of carbonyl (C=O) groups excluding carboxylic acids is 1. The quantitative estimate of drug-likeness (QED) is 0.618. The first-order valence-electron chi connectivity index (χ1n) is 8.86. The molecule has 0 bridgehead atoms. The number of aryl methyl sites for hydroxylation is 1. The van der Waals surface area contributed by atoms with Gasteiger partial charge in [0.1, 0.15) is 11.1 Å². The van der Waals surface area contributed by atoms with Gasteiger partial charge in [0.05, 0.1) is 10.5 Å². The number of hydrogen-bond acceptors (Lipinski definition) is 6. The number of anilines is 1. The van der Waals surface area contributed by atoms with Crippen molar-refractivity contribution in [3.05, 3.63) is 63.2 Å². The van der Waals surface area contributed by atoms with Crippen LogP contribution in [-0.2, 0) is 22.7 Å². The number of fused-ring (bicyclic) bond motifs is 1. The average Bonchev–Trinajstić information content (AvgIpc) is 3.33. The number of benzene rings is 1. The molecule has 1 aliphatic rings. The molecule has 0 spiro atoms. The zero-order chi connectivity index (χ0) is 20.6. The van der Waals surface area contributed by atoms with Crippen LogP contribution in [0.15, 0.2) is 50.8 Å². The molecular weight excluding hydrogens is 432 g/mol. The maximum absolute atomic E-state index is 12.7. The van der Waals surface area contributed by atoms with E-state index in [1.807, 2.05) is 0 Å². The summed E-state index contributed by atoms with van der Waals surface area (Å²) in [6, 6.07) is 10.4. The van der Waals surface area contributed by atoms with Gasteiger partial charge in [-0.1, -0.05) is 11.6 Å². The van der Waals surface area contributed by atoms with E-state index in [-0.39, 0.29) is 15.7 Å². The topological polar surface area (TPSA) is 100 Å². The van der Waals surface area contributed by atoms with E-state index in [2.05, 4.69) is 11.4 Å². The fourth-order valence-corrected chi connectivity index (χ4v) is 5.79. The van der Waals surface area contributed by atoms with Gasteiger partial charge in [0.25, 0.3) is 5.91 Å². The molecule has 29 heavy (non-hydrogen) atoms. The highest BCUT2D eigenvalue weighted by atomic mass is 35.5. The van der Waals surface area contributed by atoms with Crippen LogP contribution in [-0.4, -0.2) is 14.3 Å². The van der Waals surface area contributed by atoms with Crippen molar-refractivity contribution in [2.45, 2.75) is 35.7 Å². The van der Waals surface area contributed by atoms with E-state index in [1.165, 1.54) is 47.7 Å². The van der Waals surface area contributed by atoms with E-state index in [4.69, 9.17) is 16.0 Å². The molecule has 0 saturated heterocycles. The number of halogens is 1. The zero-order valence-corrected chi connectivity index (χ0v) is 17.5. The molecular formula is C20H15ClN2O4S2. The van der Waals surface area contributed by atoms with Gasteiger partial charge in [-0.2, -0.15) is 5.26 Å². The van der Waals surface area contributed by atoms with Crippen LogP contribution >= 0.6 is 22.9 Å². The average molecular weight is 447 g/mol. The van der Waals surface area contributed by atoms with Crippen molar-refractivity contribution in [1.82, 2.24) is 0 Å². The third-order valence-corrected chi connectivity index (χ3v) is 7.81. The van der Waals surface area contributed by atoms with Crippen LogP contribution in [0.5, 0.6) is 0 Å². The Morgan fingerprint density at radius 1 is 1.14 bits per heavy atom. The Hall–Kier alpha value is -2.60. The minimum Gasteiger partial charge on any atom is -0.439 e. The van der Waals surface area contributed by atoms with Crippen LogP contribution < -0.4 is 5.32 Å². The molecule has 0 aliphatic heterocycles. The van der Waals surface area contributed by atoms with Gasteiger partial charge in [0.2, 0.25) is 14.9 Å². The fourth-order valence-electron chi connectivity index (χ4n) is 3.25. The van der Waals surface area contributed by atoms with Gasteiger partial charge < -0.3 is 9.73 Å². The molecule has 1 aromatic carbocycles. The van der Waals surface area contributed by atoms with Gasteiger partial charge in [-0.3, -0.25) is 4.79 Å². The fraction of sp³-hybridized carbons (Fsp3) is 0.200. The van der Waals surface area contributed by atoms with Gasteiger partial charge in [0.15, 0.2) is 5.76 Å². The van der Waals surface area contributed by atoms with E-state index >= 15 is 0 Å². The molecule has 1 N–H and O–H groups in total. The predicted molar refractivity (Wildman–Crippen MR) is 109 cm³/mol. The summed E-state index contributed by atoms with van der Waals surface area (Å²) in [5.41, 5.74) is 1.49. The first-order valence-corrected chi connectivity index (χ1v) is 11.5. The standard InChI is InChI=1S/C20H15ClN2O4S2/c21-12-5-7-13(8-6-12)29(25,26)18-10-9-16(27-18)19(24)23-20-15(11-22)14-3-1-2-4-17(14)28-20/h5-10H,1-4H2,(H,23,24). The van der Waals surface area contributed by atoms with Crippen LogP contribution in [0, 0.1) is 11.3 Å². The Morgan fingerprint density at radius 2 is 1.86 bits per heavy atom. The highest BCUT2D eigenvalue weighted by Crippen LogP contribution is 2.38. The summed E-state index contributed by atoms with van der Waals surface area (Å²) in [5, 5.41) is 12.7. The number of furan rings is 1. The molecule has 148 valence electrons. The Labute approximate surface area is 176 Å². The second kappa shape index (κ2) is 7.67. The van der Waals surface area contributed by atoms with Crippen molar-refractivity contribution in [2.24, 2.45) is 0 Å². The van der Waals surface area contributed by atoms with Crippen molar-refractivity contribution in [2.75, 3.05) is 5.32 Å². The van der Waals surface area contributed by atoms with Crippen molar-refractivity contribution >= 4 is 43.7 Å². The third kappa shape index (κ3) is 3.69. The molecule has 0 radical (unpaired) electrons. The Morgan fingerprint density at radius 3 is 2.59 bits per heavy atom. The van der Waals surface area contributed by atoms with Crippen molar-refractivity contribution in [3.63, 3.8) is 0 Å². The minimum absolute atomic E-state index is 0.0147. The molecule has 4 rings (SSSR count). The summed E-state index contributed by atoms with van der Waals surface area (Å²) in [4.78, 5) is 13.7. The lowest BCUT2D eigenvalue weighted by molar-refractivity contribution is 0.0992. The maximum Gasteiger partial charge on any atom is 0.292 e. The number of carbonyl (C=O) groups is 1. The van der Waals surface area contributed by atoms with Crippen molar-refractivity contribution < 1.29 is 17.6 Å². The number of thiophene rings is 1. The second-order valence-electron chi connectivity index (χ2n) is 6.56. The second-order valence-corrected chi connectivity index (χ2v) is 9.98. The molecule has 2 heterocycles. The van der Waals surface area contributed by atoms with Gasteiger partial charge in [-0.25, -0.2) is 8.42 Å². The molecule has 2 aromatic heterocycles. The normalized spacial score (nSPS) is 13.5. The summed E-state index contributed by atoms with van der Waals surface area (Å²) in [5.74, 6) is -0.745. The SMILES string of the molecule is N#Cc1c(NC(=O)c2ccc(S(=O)(=O)c3ccc(Cl)cc3)o2)sc2c1CCCC2. The Bertz CT molecular complexity index is 1230. The van der Waals surface area contributed by atoms with Crippen molar-refractivity contribution in [1.29, 1.82) is 5.26 Å². The number of sulfone groups is 1. The van der Waals surface area contributed by atoms with E-state index in [1.54, 1.807) is 0 Å². The first kappa shape index (κ1) is 19.7. The van der Waals surface area contributed by atoms with Gasteiger partial charge in [-0.15, -0.1) is 11.3 Å². The van der Waals surface area contributed by atoms with Gasteiger partial charge >= 0.3 is 0 Å². The molecule has 0 atom stereocenters. The lowest BCUT2D eigenvalue weighted by Gasteiger charge is -2.09. The van der Waals surface area contributed by atoms with Gasteiger partial charge in [0, 0.05) is 9.90 Å². The van der Waals surface area contributed by atoms with Crippen LogP contribution in [0.3, 0.4) is 0 Å². The van der Waals surface area contributed by atoms with Crippen LogP contribution in [0.1, 0.15) is 39.4 Å². The molecule has 0 unspecified atom stereocenters. The first-order chi connectivity index (χ1) is 13.9. The van der Waals surface area contributed by atoms with Crippen molar-refractivity contribution in [3.8, 4) is 6.07 Å². The number of nitriles is 1. The van der Waals surface area contributed by atoms with Gasteiger partial charge in [-0.05, 0) is 67.6 Å². The monoisotopic (exact) mass is 446 g/mol. The van der Waals surface area contributed by atoms with Crippen LogP contribution in [0.4, 0.5) is 5.00 Å². The van der Waals surface area contributed by atoms with Crippen LogP contribution in [0.25, 0.3) is 0 Å². The highest BCUT2D eigenvalue weighted by molar-refractivity contribution is 7.91. The lowest BCUT2D eigenvalue weighted by Crippen LogP contribution is -2.11. The number of amides is 1. The largest absolute Gasteiger partial charge is 0.439 e. The third-order valence-electron chi connectivity index (χ3n) is 4.70.